The highest BCUT2D eigenvalue weighted by molar-refractivity contribution is 6.30. The van der Waals surface area contributed by atoms with Crippen molar-refractivity contribution in [1.29, 1.82) is 0 Å². The second-order valence-electron chi connectivity index (χ2n) is 6.31. The Balaban J connectivity index is 1.75. The van der Waals surface area contributed by atoms with E-state index in [0.717, 1.165) is 17.7 Å². The van der Waals surface area contributed by atoms with Crippen LogP contribution in [-0.4, -0.2) is 38.5 Å². The number of amides is 2. The van der Waals surface area contributed by atoms with Gasteiger partial charge in [0.05, 0.1) is 12.7 Å². The number of carbonyl (C=O) groups is 2. The van der Waals surface area contributed by atoms with Gasteiger partial charge in [0, 0.05) is 11.6 Å². The van der Waals surface area contributed by atoms with Crippen LogP contribution >= 0.6 is 11.6 Å². The van der Waals surface area contributed by atoms with Crippen LogP contribution in [0.2, 0.25) is 5.02 Å². The lowest BCUT2D eigenvalue weighted by Gasteiger charge is -2.14. The Labute approximate surface area is 165 Å². The van der Waals surface area contributed by atoms with Crippen molar-refractivity contribution in [2.45, 2.75) is 6.42 Å². The molecule has 2 aromatic carbocycles. The predicted octanol–water partition coefficient (Wildman–Crippen LogP) is 1.57. The summed E-state index contributed by atoms with van der Waals surface area (Å²) in [4.78, 5) is 24.4. The van der Waals surface area contributed by atoms with Crippen molar-refractivity contribution in [2.24, 2.45) is 0 Å². The van der Waals surface area contributed by atoms with Crippen molar-refractivity contribution < 1.29 is 27.7 Å². The number of halogens is 4. The van der Waals surface area contributed by atoms with Gasteiger partial charge in [0.2, 0.25) is 0 Å². The summed E-state index contributed by atoms with van der Waals surface area (Å²) < 4.78 is 39.6. The van der Waals surface area contributed by atoms with Crippen LogP contribution in [0.15, 0.2) is 36.4 Å². The first kappa shape index (κ1) is 21.7. The molecule has 2 amide bonds. The van der Waals surface area contributed by atoms with Gasteiger partial charge in [-0.1, -0.05) is 23.7 Å². The van der Waals surface area contributed by atoms with Crippen LogP contribution in [0.4, 0.5) is 18.9 Å². The van der Waals surface area contributed by atoms with Gasteiger partial charge in [0.15, 0.2) is 30.5 Å². The molecule has 5 nitrogen and oxygen atoms in total. The van der Waals surface area contributed by atoms with Gasteiger partial charge in [-0.05, 0) is 36.2 Å². The third-order valence-corrected chi connectivity index (χ3v) is 4.09. The van der Waals surface area contributed by atoms with Gasteiger partial charge >= 0.3 is 0 Å². The van der Waals surface area contributed by atoms with E-state index in [1.165, 1.54) is 0 Å². The Morgan fingerprint density at radius 1 is 1.04 bits per heavy atom. The largest absolute Gasteiger partial charge is 0.351 e. The van der Waals surface area contributed by atoms with Crippen LogP contribution in [0.5, 0.6) is 0 Å². The predicted molar refractivity (Wildman–Crippen MR) is 99.7 cm³/mol. The van der Waals surface area contributed by atoms with Crippen molar-refractivity contribution in [3.05, 3.63) is 64.4 Å². The molecule has 0 aliphatic heterocycles. The maximum atomic E-state index is 13.6. The molecule has 0 aromatic heterocycles. The Morgan fingerprint density at radius 2 is 1.75 bits per heavy atom. The molecule has 0 saturated heterocycles. The molecule has 28 heavy (non-hydrogen) atoms. The second-order valence-corrected chi connectivity index (χ2v) is 6.75. The average molecular weight is 415 g/mol. The number of rotatable bonds is 8. The van der Waals surface area contributed by atoms with Crippen LogP contribution in [0.3, 0.4) is 0 Å². The molecular weight excluding hydrogens is 395 g/mol. The monoisotopic (exact) mass is 414 g/mol. The van der Waals surface area contributed by atoms with Gasteiger partial charge < -0.3 is 15.5 Å². The molecule has 0 bridgehead atoms. The molecule has 0 aliphatic rings. The number of hydrogen-bond acceptors (Lipinski definition) is 2. The average Bonchev–Trinajstić information content (AvgIpc) is 2.62. The third kappa shape index (κ3) is 6.54. The first-order valence-corrected chi connectivity index (χ1v) is 8.90. The Bertz CT molecular complexity index is 864. The molecule has 1 atom stereocenters. The highest BCUT2D eigenvalue weighted by Gasteiger charge is 2.18. The Kier molecular flexibility index (Phi) is 7.83. The van der Waals surface area contributed by atoms with E-state index in [-0.39, 0.29) is 19.0 Å². The molecule has 0 fully saturated rings. The summed E-state index contributed by atoms with van der Waals surface area (Å²) in [6.07, 6.45) is 0.612. The number of quaternary nitrogens is 1. The van der Waals surface area contributed by atoms with Crippen LogP contribution in [0.1, 0.15) is 5.56 Å². The standard InChI is InChI=1S/C19H19ClF3N3O2/c1-26(10-16(27)24-8-7-12-3-2-4-13(20)9-12)11-17(28)25-15-6-5-14(21)18(22)19(15)23/h2-6,9H,7-8,10-11H2,1H3,(H,24,27)(H,25,28)/p+1. The topological polar surface area (TPSA) is 62.6 Å². The zero-order valence-corrected chi connectivity index (χ0v) is 15.9. The fourth-order valence-electron chi connectivity index (χ4n) is 2.53. The highest BCUT2D eigenvalue weighted by atomic mass is 35.5. The fourth-order valence-corrected chi connectivity index (χ4v) is 2.74. The van der Waals surface area contributed by atoms with E-state index in [9.17, 15) is 22.8 Å². The molecule has 0 spiro atoms. The molecular formula is C19H20ClF3N3O2+. The van der Waals surface area contributed by atoms with Crippen molar-refractivity contribution >= 4 is 29.1 Å². The molecule has 0 heterocycles. The van der Waals surface area contributed by atoms with Gasteiger partial charge in [-0.3, -0.25) is 9.59 Å². The van der Waals surface area contributed by atoms with Gasteiger partial charge in [-0.15, -0.1) is 0 Å². The SMILES string of the molecule is C[NH+](CC(=O)NCCc1cccc(Cl)c1)CC(=O)Nc1ccc(F)c(F)c1F. The molecule has 0 saturated carbocycles. The lowest BCUT2D eigenvalue weighted by molar-refractivity contribution is -0.862. The molecule has 2 rings (SSSR count). The maximum Gasteiger partial charge on any atom is 0.279 e. The quantitative estimate of drug-likeness (QED) is 0.574. The number of likely N-dealkylation sites (N-methyl/N-ethyl adjacent to an activating group) is 1. The normalized spacial score (nSPS) is 11.8. The Hall–Kier alpha value is -2.58. The van der Waals surface area contributed by atoms with E-state index in [0.29, 0.717) is 22.9 Å². The summed E-state index contributed by atoms with van der Waals surface area (Å²) in [5.74, 6) is -5.35. The first-order chi connectivity index (χ1) is 13.3. The van der Waals surface area contributed by atoms with Gasteiger partial charge in [0.1, 0.15) is 0 Å². The fraction of sp³-hybridized carbons (Fsp3) is 0.263. The number of benzene rings is 2. The number of nitrogens with one attached hydrogen (secondary N) is 3. The van der Waals surface area contributed by atoms with Crippen LogP contribution in [-0.2, 0) is 16.0 Å². The zero-order valence-electron chi connectivity index (χ0n) is 15.1. The van der Waals surface area contributed by atoms with E-state index in [1.54, 1.807) is 13.1 Å². The van der Waals surface area contributed by atoms with Gasteiger partial charge in [-0.2, -0.15) is 0 Å². The third-order valence-electron chi connectivity index (χ3n) is 3.86. The summed E-state index contributed by atoms with van der Waals surface area (Å²) >= 11 is 5.90. The number of anilines is 1. The van der Waals surface area contributed by atoms with Crippen molar-refractivity contribution in [3.8, 4) is 0 Å². The van der Waals surface area contributed by atoms with E-state index in [1.807, 2.05) is 18.2 Å². The summed E-state index contributed by atoms with van der Waals surface area (Å²) in [5, 5.41) is 5.53. The lowest BCUT2D eigenvalue weighted by Crippen LogP contribution is -3.11. The zero-order chi connectivity index (χ0) is 20.7. The van der Waals surface area contributed by atoms with Crippen molar-refractivity contribution in [1.82, 2.24) is 5.32 Å². The number of hydrogen-bond donors (Lipinski definition) is 3. The van der Waals surface area contributed by atoms with Gasteiger partial charge in [0.25, 0.3) is 11.8 Å². The molecule has 2 aromatic rings. The van der Waals surface area contributed by atoms with Crippen molar-refractivity contribution in [2.75, 3.05) is 32.0 Å². The molecule has 3 N–H and O–H groups in total. The number of carbonyl (C=O) groups excluding carboxylic acids is 2. The van der Waals surface area contributed by atoms with E-state index in [4.69, 9.17) is 11.6 Å². The maximum absolute atomic E-state index is 13.6. The second kappa shape index (κ2) is 10.1. The molecule has 9 heteroatoms. The van der Waals surface area contributed by atoms with E-state index >= 15 is 0 Å². The first-order valence-electron chi connectivity index (χ1n) is 8.52. The smallest absolute Gasteiger partial charge is 0.279 e. The minimum absolute atomic E-state index is 0.0171. The van der Waals surface area contributed by atoms with E-state index < -0.39 is 29.0 Å². The summed E-state index contributed by atoms with van der Waals surface area (Å²) in [7, 11) is 1.61. The summed E-state index contributed by atoms with van der Waals surface area (Å²) in [5.41, 5.74) is 0.532. The molecule has 1 unspecified atom stereocenters. The minimum atomic E-state index is -1.66. The van der Waals surface area contributed by atoms with Crippen LogP contribution < -0.4 is 15.5 Å². The van der Waals surface area contributed by atoms with Crippen molar-refractivity contribution in [3.63, 3.8) is 0 Å². The van der Waals surface area contributed by atoms with Gasteiger partial charge in [-0.25, -0.2) is 13.2 Å². The molecule has 0 radical (unpaired) electrons. The molecule has 0 aliphatic carbocycles. The van der Waals surface area contributed by atoms with Crippen LogP contribution in [0, 0.1) is 17.5 Å². The van der Waals surface area contributed by atoms with E-state index in [2.05, 4.69) is 10.6 Å². The lowest BCUT2D eigenvalue weighted by atomic mass is 10.1. The highest BCUT2D eigenvalue weighted by Crippen LogP contribution is 2.19. The summed E-state index contributed by atoms with van der Waals surface area (Å²) in [6, 6.07) is 8.95. The van der Waals surface area contributed by atoms with Crippen LogP contribution in [0.25, 0.3) is 0 Å². The minimum Gasteiger partial charge on any atom is -0.351 e. The summed E-state index contributed by atoms with van der Waals surface area (Å²) in [6.45, 7) is 0.280. The molecule has 150 valence electrons. The Morgan fingerprint density at radius 3 is 2.46 bits per heavy atom.